The van der Waals surface area contributed by atoms with Gasteiger partial charge in [-0.15, -0.1) is 0 Å². The molecule has 0 radical (unpaired) electrons. The molecule has 2 aromatic heterocycles. The molecule has 4 aromatic rings. The fourth-order valence-electron chi connectivity index (χ4n) is 3.41. The smallest absolute Gasteiger partial charge is 0.275 e. The van der Waals surface area contributed by atoms with Gasteiger partial charge in [0.25, 0.3) is 5.91 Å². The summed E-state index contributed by atoms with van der Waals surface area (Å²) >= 11 is 3.45. The summed E-state index contributed by atoms with van der Waals surface area (Å²) in [5, 5.41) is 12.1. The third-order valence-electron chi connectivity index (χ3n) is 5.16. The molecule has 150 valence electrons. The SMILES string of the molecule is O=C(Nc1ccnn1Cc1ccc(Br)cc1)c1cc(C2CC2)nn1-c1ccccc1. The lowest BCUT2D eigenvalue weighted by molar-refractivity contribution is 0.101. The first-order chi connectivity index (χ1) is 14.7. The van der Waals surface area contributed by atoms with Crippen LogP contribution in [0.25, 0.3) is 5.69 Å². The molecule has 1 fully saturated rings. The van der Waals surface area contributed by atoms with Gasteiger partial charge in [0.15, 0.2) is 0 Å². The molecule has 6 nitrogen and oxygen atoms in total. The minimum atomic E-state index is -0.198. The normalized spacial score (nSPS) is 13.4. The molecule has 5 rings (SSSR count). The molecule has 1 aliphatic carbocycles. The summed E-state index contributed by atoms with van der Waals surface area (Å²) < 4.78 is 4.55. The number of anilines is 1. The second-order valence-electron chi connectivity index (χ2n) is 7.43. The van der Waals surface area contributed by atoms with Crippen molar-refractivity contribution in [3.05, 3.63) is 94.4 Å². The van der Waals surface area contributed by atoms with E-state index in [0.29, 0.717) is 24.0 Å². The van der Waals surface area contributed by atoms with E-state index in [1.54, 1.807) is 15.6 Å². The van der Waals surface area contributed by atoms with Gasteiger partial charge in [-0.1, -0.05) is 46.3 Å². The Morgan fingerprint density at radius 2 is 1.83 bits per heavy atom. The highest BCUT2D eigenvalue weighted by molar-refractivity contribution is 9.10. The monoisotopic (exact) mass is 461 g/mol. The molecule has 1 aliphatic rings. The summed E-state index contributed by atoms with van der Waals surface area (Å²) in [4.78, 5) is 13.2. The van der Waals surface area contributed by atoms with Crippen LogP contribution in [0, 0.1) is 0 Å². The molecule has 0 bridgehead atoms. The van der Waals surface area contributed by atoms with E-state index in [1.165, 1.54) is 0 Å². The van der Waals surface area contributed by atoms with Gasteiger partial charge in [0.2, 0.25) is 0 Å². The number of nitrogens with one attached hydrogen (secondary N) is 1. The van der Waals surface area contributed by atoms with Gasteiger partial charge in [-0.3, -0.25) is 4.79 Å². The van der Waals surface area contributed by atoms with Crippen LogP contribution in [-0.4, -0.2) is 25.5 Å². The number of para-hydroxylation sites is 1. The number of carbonyl (C=O) groups excluding carboxylic acids is 1. The van der Waals surface area contributed by atoms with Crippen LogP contribution in [0.2, 0.25) is 0 Å². The molecule has 0 atom stereocenters. The molecule has 1 N–H and O–H groups in total. The maximum absolute atomic E-state index is 13.2. The number of amides is 1. The van der Waals surface area contributed by atoms with Crippen molar-refractivity contribution < 1.29 is 4.79 Å². The van der Waals surface area contributed by atoms with Crippen LogP contribution in [0.3, 0.4) is 0 Å². The summed E-state index contributed by atoms with van der Waals surface area (Å²) in [5.74, 6) is 0.914. The highest BCUT2D eigenvalue weighted by atomic mass is 79.9. The first-order valence-corrected chi connectivity index (χ1v) is 10.7. The van der Waals surface area contributed by atoms with Crippen LogP contribution < -0.4 is 5.32 Å². The van der Waals surface area contributed by atoms with Gasteiger partial charge in [0, 0.05) is 16.5 Å². The third kappa shape index (κ3) is 3.93. The molecule has 0 saturated heterocycles. The van der Waals surface area contributed by atoms with E-state index >= 15 is 0 Å². The van der Waals surface area contributed by atoms with Crippen molar-refractivity contribution in [3.8, 4) is 5.69 Å². The maximum Gasteiger partial charge on any atom is 0.275 e. The molecule has 0 unspecified atom stereocenters. The second-order valence-corrected chi connectivity index (χ2v) is 8.35. The molecular weight excluding hydrogens is 442 g/mol. The average molecular weight is 462 g/mol. The summed E-state index contributed by atoms with van der Waals surface area (Å²) in [6, 6.07) is 21.5. The van der Waals surface area contributed by atoms with Crippen LogP contribution in [0.4, 0.5) is 5.82 Å². The Labute approximate surface area is 182 Å². The lowest BCUT2D eigenvalue weighted by Gasteiger charge is -2.11. The number of carbonyl (C=O) groups is 1. The van der Waals surface area contributed by atoms with E-state index in [1.807, 2.05) is 66.7 Å². The zero-order valence-electron chi connectivity index (χ0n) is 16.2. The van der Waals surface area contributed by atoms with Gasteiger partial charge in [0.05, 0.1) is 24.1 Å². The lowest BCUT2D eigenvalue weighted by Crippen LogP contribution is -2.19. The highest BCUT2D eigenvalue weighted by Gasteiger charge is 2.29. The molecule has 30 heavy (non-hydrogen) atoms. The Kier molecular flexibility index (Phi) is 4.96. The molecule has 1 amide bonds. The number of halogens is 1. The minimum Gasteiger partial charge on any atom is -0.305 e. The van der Waals surface area contributed by atoms with Crippen LogP contribution in [0.15, 0.2) is 77.4 Å². The van der Waals surface area contributed by atoms with E-state index < -0.39 is 0 Å². The van der Waals surface area contributed by atoms with Gasteiger partial charge in [-0.05, 0) is 48.7 Å². The van der Waals surface area contributed by atoms with Crippen molar-refractivity contribution in [1.29, 1.82) is 0 Å². The largest absolute Gasteiger partial charge is 0.305 e. The number of nitrogens with zero attached hydrogens (tertiary/aromatic N) is 4. The molecule has 1 saturated carbocycles. The predicted molar refractivity (Wildman–Crippen MR) is 119 cm³/mol. The molecule has 2 aromatic carbocycles. The van der Waals surface area contributed by atoms with Gasteiger partial charge < -0.3 is 5.32 Å². The average Bonchev–Trinajstić information content (AvgIpc) is 3.37. The fraction of sp³-hybridized carbons (Fsp3) is 0.174. The van der Waals surface area contributed by atoms with Crippen molar-refractivity contribution in [2.45, 2.75) is 25.3 Å². The lowest BCUT2D eigenvalue weighted by atomic mass is 10.2. The Morgan fingerprint density at radius 3 is 2.57 bits per heavy atom. The first-order valence-electron chi connectivity index (χ1n) is 9.90. The number of hydrogen-bond acceptors (Lipinski definition) is 3. The van der Waals surface area contributed by atoms with Crippen LogP contribution in [-0.2, 0) is 6.54 Å². The second kappa shape index (κ2) is 7.91. The zero-order chi connectivity index (χ0) is 20.5. The number of benzene rings is 2. The Balaban J connectivity index is 1.41. The Bertz CT molecular complexity index is 1180. The summed E-state index contributed by atoms with van der Waals surface area (Å²) in [6.45, 7) is 0.571. The maximum atomic E-state index is 13.2. The predicted octanol–water partition coefficient (Wildman–Crippen LogP) is 5.01. The van der Waals surface area contributed by atoms with E-state index in [0.717, 1.165) is 34.3 Å². The van der Waals surface area contributed by atoms with E-state index in [-0.39, 0.29) is 5.91 Å². The number of hydrogen-bond donors (Lipinski definition) is 1. The standard InChI is InChI=1S/C23H20BrN5O/c24-18-10-6-16(7-11-18)15-28-22(12-13-25-28)26-23(30)21-14-20(17-8-9-17)27-29(21)19-4-2-1-3-5-19/h1-7,10-14,17H,8-9,15H2,(H,26,30). The summed E-state index contributed by atoms with van der Waals surface area (Å²) in [7, 11) is 0. The third-order valence-corrected chi connectivity index (χ3v) is 5.69. The van der Waals surface area contributed by atoms with Crippen molar-refractivity contribution in [1.82, 2.24) is 19.6 Å². The fourth-order valence-corrected chi connectivity index (χ4v) is 3.68. The molecule has 0 aliphatic heterocycles. The highest BCUT2D eigenvalue weighted by Crippen LogP contribution is 2.39. The first kappa shape index (κ1) is 18.8. The molecule has 2 heterocycles. The van der Waals surface area contributed by atoms with Crippen LogP contribution >= 0.6 is 15.9 Å². The van der Waals surface area contributed by atoms with E-state index in [9.17, 15) is 4.79 Å². The van der Waals surface area contributed by atoms with Crippen molar-refractivity contribution >= 4 is 27.7 Å². The van der Waals surface area contributed by atoms with Crippen LogP contribution in [0.5, 0.6) is 0 Å². The molecular formula is C23H20BrN5O. The molecule has 7 heteroatoms. The van der Waals surface area contributed by atoms with Crippen molar-refractivity contribution in [2.24, 2.45) is 0 Å². The van der Waals surface area contributed by atoms with E-state index in [2.05, 4.69) is 26.3 Å². The Morgan fingerprint density at radius 1 is 1.07 bits per heavy atom. The van der Waals surface area contributed by atoms with Gasteiger partial charge in [0.1, 0.15) is 11.5 Å². The topological polar surface area (TPSA) is 64.7 Å². The van der Waals surface area contributed by atoms with Gasteiger partial charge in [-0.2, -0.15) is 10.2 Å². The summed E-state index contributed by atoms with van der Waals surface area (Å²) in [6.07, 6.45) is 3.96. The van der Waals surface area contributed by atoms with Gasteiger partial charge >= 0.3 is 0 Å². The number of rotatable bonds is 6. The van der Waals surface area contributed by atoms with Gasteiger partial charge in [-0.25, -0.2) is 9.36 Å². The zero-order valence-corrected chi connectivity index (χ0v) is 17.8. The van der Waals surface area contributed by atoms with Crippen molar-refractivity contribution in [3.63, 3.8) is 0 Å². The Hall–Kier alpha value is -3.19. The van der Waals surface area contributed by atoms with E-state index in [4.69, 9.17) is 5.10 Å². The molecule has 0 spiro atoms. The van der Waals surface area contributed by atoms with Crippen molar-refractivity contribution in [2.75, 3.05) is 5.32 Å². The van der Waals surface area contributed by atoms with Crippen LogP contribution in [0.1, 0.15) is 40.5 Å². The quantitative estimate of drug-likeness (QED) is 0.438. The number of aromatic nitrogens is 4. The summed E-state index contributed by atoms with van der Waals surface area (Å²) in [5.41, 5.74) is 3.48. The minimum absolute atomic E-state index is 0.198.